The molecule has 6 nitrogen and oxygen atoms in total. The molecule has 0 spiro atoms. The number of aryl methyl sites for hydroxylation is 1. The van der Waals surface area contributed by atoms with E-state index in [0.717, 1.165) is 11.4 Å². The fraction of sp³-hybridized carbons (Fsp3) is 0.286. The van der Waals surface area contributed by atoms with Gasteiger partial charge in [-0.25, -0.2) is 0 Å². The third kappa shape index (κ3) is 1.31. The van der Waals surface area contributed by atoms with Crippen molar-refractivity contribution < 1.29 is 0 Å². The van der Waals surface area contributed by atoms with Crippen LogP contribution in [0.4, 0.5) is 0 Å². The predicted molar refractivity (Wildman–Crippen MR) is 46.0 cm³/mol. The molecule has 0 bridgehead atoms. The summed E-state index contributed by atoms with van der Waals surface area (Å²) in [6, 6.07) is 0. The number of hydrogen-bond acceptors (Lipinski definition) is 4. The van der Waals surface area contributed by atoms with E-state index in [-0.39, 0.29) is 0 Å². The summed E-state index contributed by atoms with van der Waals surface area (Å²) in [6.07, 6.45) is 5.08. The zero-order valence-corrected chi connectivity index (χ0v) is 7.25. The third-order valence-electron chi connectivity index (χ3n) is 1.77. The summed E-state index contributed by atoms with van der Waals surface area (Å²) in [5.41, 5.74) is 6.54. The molecule has 2 heterocycles. The van der Waals surface area contributed by atoms with Crippen molar-refractivity contribution in [3.63, 3.8) is 0 Å². The number of hydrogen-bond donors (Lipinski definition) is 1. The molecule has 0 amide bonds. The quantitative estimate of drug-likeness (QED) is 0.670. The fourth-order valence-electron chi connectivity index (χ4n) is 1.20. The monoisotopic (exact) mass is 178 g/mol. The van der Waals surface area contributed by atoms with Gasteiger partial charge in [0.25, 0.3) is 0 Å². The highest BCUT2D eigenvalue weighted by Gasteiger charge is 2.07. The van der Waals surface area contributed by atoms with Crippen molar-refractivity contribution in [2.45, 2.75) is 6.54 Å². The van der Waals surface area contributed by atoms with Gasteiger partial charge in [-0.3, -0.25) is 9.25 Å². The third-order valence-corrected chi connectivity index (χ3v) is 1.77. The van der Waals surface area contributed by atoms with E-state index in [0.29, 0.717) is 6.54 Å². The molecule has 0 saturated carbocycles. The number of nitrogens with zero attached hydrogens (tertiary/aromatic N) is 5. The topological polar surface area (TPSA) is 74.5 Å². The summed E-state index contributed by atoms with van der Waals surface area (Å²) >= 11 is 0. The first kappa shape index (κ1) is 7.93. The smallest absolute Gasteiger partial charge is 0.165 e. The minimum Gasteiger partial charge on any atom is -0.326 e. The largest absolute Gasteiger partial charge is 0.326 e. The first-order valence-corrected chi connectivity index (χ1v) is 3.89. The van der Waals surface area contributed by atoms with Crippen molar-refractivity contribution >= 4 is 0 Å². The van der Waals surface area contributed by atoms with Gasteiger partial charge in [0.15, 0.2) is 5.82 Å². The van der Waals surface area contributed by atoms with Gasteiger partial charge in [0, 0.05) is 25.4 Å². The fourth-order valence-corrected chi connectivity index (χ4v) is 1.20. The van der Waals surface area contributed by atoms with E-state index in [1.54, 1.807) is 21.9 Å². The van der Waals surface area contributed by atoms with Gasteiger partial charge < -0.3 is 5.73 Å². The van der Waals surface area contributed by atoms with E-state index in [9.17, 15) is 0 Å². The van der Waals surface area contributed by atoms with Crippen LogP contribution >= 0.6 is 0 Å². The Kier molecular flexibility index (Phi) is 1.82. The normalized spacial score (nSPS) is 10.6. The second-order valence-corrected chi connectivity index (χ2v) is 2.72. The second-order valence-electron chi connectivity index (χ2n) is 2.72. The van der Waals surface area contributed by atoms with Crippen molar-refractivity contribution in [1.29, 1.82) is 0 Å². The zero-order valence-electron chi connectivity index (χ0n) is 7.25. The predicted octanol–water partition coefficient (Wildman–Crippen LogP) is -0.541. The Balaban J connectivity index is 2.50. The lowest BCUT2D eigenvalue weighted by atomic mass is 10.3. The van der Waals surface area contributed by atoms with Gasteiger partial charge in [0.2, 0.25) is 0 Å². The molecule has 68 valence electrons. The summed E-state index contributed by atoms with van der Waals surface area (Å²) < 4.78 is 3.46. The summed E-state index contributed by atoms with van der Waals surface area (Å²) in [6.45, 7) is 0.460. The van der Waals surface area contributed by atoms with Crippen LogP contribution in [0.15, 0.2) is 18.9 Å². The summed E-state index contributed by atoms with van der Waals surface area (Å²) in [5, 5.41) is 11.7. The average Bonchev–Trinajstić information content (AvgIpc) is 2.71. The maximum absolute atomic E-state index is 5.56. The lowest BCUT2D eigenvalue weighted by Gasteiger charge is -1.96. The molecule has 0 aliphatic heterocycles. The van der Waals surface area contributed by atoms with E-state index in [1.165, 1.54) is 0 Å². The van der Waals surface area contributed by atoms with Gasteiger partial charge in [0.1, 0.15) is 12.7 Å². The maximum Gasteiger partial charge on any atom is 0.165 e. The number of aromatic nitrogens is 5. The lowest BCUT2D eigenvalue weighted by Crippen LogP contribution is -2.01. The molecule has 13 heavy (non-hydrogen) atoms. The van der Waals surface area contributed by atoms with Crippen LogP contribution in [0.25, 0.3) is 5.82 Å². The van der Waals surface area contributed by atoms with E-state index < -0.39 is 0 Å². The minimum absolute atomic E-state index is 0.460. The molecule has 2 N–H and O–H groups in total. The molecule has 0 aliphatic rings. The first-order chi connectivity index (χ1) is 6.31. The molecular formula is C7H10N6. The van der Waals surface area contributed by atoms with Crippen molar-refractivity contribution in [2.24, 2.45) is 12.8 Å². The Labute approximate surface area is 75.0 Å². The Bertz CT molecular complexity index is 387. The van der Waals surface area contributed by atoms with Crippen LogP contribution in [0.3, 0.4) is 0 Å². The molecule has 2 aromatic rings. The molecule has 0 radical (unpaired) electrons. The van der Waals surface area contributed by atoms with Gasteiger partial charge in [-0.2, -0.15) is 5.10 Å². The lowest BCUT2D eigenvalue weighted by molar-refractivity contribution is 0.750. The standard InChI is InChI=1S/C7H10N6/c1-12-3-6(2-8)7(11-12)13-4-9-10-5-13/h3-5H,2,8H2,1H3. The van der Waals surface area contributed by atoms with Crippen LogP contribution in [0.2, 0.25) is 0 Å². The summed E-state index contributed by atoms with van der Waals surface area (Å²) in [7, 11) is 1.85. The molecule has 0 saturated heterocycles. The van der Waals surface area contributed by atoms with E-state index >= 15 is 0 Å². The van der Waals surface area contributed by atoms with Gasteiger partial charge in [-0.05, 0) is 0 Å². The van der Waals surface area contributed by atoms with Gasteiger partial charge in [0.05, 0.1) is 0 Å². The molecule has 2 rings (SSSR count). The molecule has 0 aliphatic carbocycles. The highest BCUT2D eigenvalue weighted by molar-refractivity contribution is 5.31. The van der Waals surface area contributed by atoms with Crippen molar-refractivity contribution in [3.05, 3.63) is 24.4 Å². The van der Waals surface area contributed by atoms with Crippen molar-refractivity contribution in [1.82, 2.24) is 24.5 Å². The van der Waals surface area contributed by atoms with Crippen LogP contribution in [0.5, 0.6) is 0 Å². The van der Waals surface area contributed by atoms with Gasteiger partial charge in [-0.15, -0.1) is 10.2 Å². The summed E-state index contributed by atoms with van der Waals surface area (Å²) in [5.74, 6) is 0.787. The number of rotatable bonds is 2. The Morgan fingerprint density at radius 1 is 1.38 bits per heavy atom. The molecule has 6 heteroatoms. The van der Waals surface area contributed by atoms with Crippen LogP contribution < -0.4 is 5.73 Å². The van der Waals surface area contributed by atoms with Crippen LogP contribution in [-0.2, 0) is 13.6 Å². The molecular weight excluding hydrogens is 168 g/mol. The van der Waals surface area contributed by atoms with E-state index in [2.05, 4.69) is 15.3 Å². The molecule has 0 atom stereocenters. The molecule has 2 aromatic heterocycles. The highest BCUT2D eigenvalue weighted by Crippen LogP contribution is 2.09. The van der Waals surface area contributed by atoms with Crippen molar-refractivity contribution in [2.75, 3.05) is 0 Å². The zero-order chi connectivity index (χ0) is 9.26. The molecule has 0 fully saturated rings. The number of nitrogens with two attached hydrogens (primary N) is 1. The minimum atomic E-state index is 0.460. The van der Waals surface area contributed by atoms with E-state index in [4.69, 9.17) is 5.73 Å². The Morgan fingerprint density at radius 2 is 2.08 bits per heavy atom. The van der Waals surface area contributed by atoms with E-state index in [1.807, 2.05) is 13.2 Å². The van der Waals surface area contributed by atoms with Crippen molar-refractivity contribution in [3.8, 4) is 5.82 Å². The maximum atomic E-state index is 5.56. The Morgan fingerprint density at radius 3 is 2.69 bits per heavy atom. The average molecular weight is 178 g/mol. The Hall–Kier alpha value is -1.69. The summed E-state index contributed by atoms with van der Waals surface area (Å²) in [4.78, 5) is 0. The van der Waals surface area contributed by atoms with Crippen LogP contribution in [0, 0.1) is 0 Å². The molecule has 0 aromatic carbocycles. The highest BCUT2D eigenvalue weighted by atomic mass is 15.3. The first-order valence-electron chi connectivity index (χ1n) is 3.89. The molecule has 0 unspecified atom stereocenters. The van der Waals surface area contributed by atoms with Gasteiger partial charge in [-0.1, -0.05) is 0 Å². The van der Waals surface area contributed by atoms with Crippen LogP contribution in [-0.4, -0.2) is 24.5 Å². The SMILES string of the molecule is Cn1cc(CN)c(-n2cnnc2)n1. The van der Waals surface area contributed by atoms with Crippen LogP contribution in [0.1, 0.15) is 5.56 Å². The second kappa shape index (κ2) is 2.98. The van der Waals surface area contributed by atoms with Gasteiger partial charge >= 0.3 is 0 Å².